The van der Waals surface area contributed by atoms with Crippen LogP contribution < -0.4 is 10.2 Å². The molecule has 0 saturated carbocycles. The van der Waals surface area contributed by atoms with Gasteiger partial charge in [-0.1, -0.05) is 86.2 Å². The number of benzene rings is 4. The molecule has 0 bridgehead atoms. The van der Waals surface area contributed by atoms with Gasteiger partial charge in [0.1, 0.15) is 11.5 Å². The van der Waals surface area contributed by atoms with Gasteiger partial charge in [0.05, 0.1) is 16.9 Å². The van der Waals surface area contributed by atoms with Gasteiger partial charge in [0.2, 0.25) is 5.91 Å². The molecule has 8 heteroatoms. The molecule has 3 aliphatic heterocycles. The van der Waals surface area contributed by atoms with Crippen LogP contribution >= 0.6 is 0 Å². The van der Waals surface area contributed by atoms with Gasteiger partial charge in [-0.25, -0.2) is 0 Å². The van der Waals surface area contributed by atoms with Crippen molar-refractivity contribution >= 4 is 40.6 Å². The van der Waals surface area contributed by atoms with Gasteiger partial charge in [0.25, 0.3) is 5.69 Å². The molecule has 0 aliphatic carbocycles. The Balaban J connectivity index is 1.48. The summed E-state index contributed by atoms with van der Waals surface area (Å²) in [5.74, 6) is -2.13. The maximum atomic E-state index is 14.9. The van der Waals surface area contributed by atoms with Crippen molar-refractivity contribution in [2.75, 3.05) is 10.2 Å². The Morgan fingerprint density at radius 1 is 0.886 bits per heavy atom. The number of para-hydroxylation sites is 2. The maximum Gasteiger partial charge on any atom is 0.269 e. The number of nitro groups is 1. The Hall–Kier alpha value is -5.37. The Labute approximate surface area is 254 Å². The van der Waals surface area contributed by atoms with E-state index in [4.69, 9.17) is 0 Å². The van der Waals surface area contributed by atoms with Crippen molar-refractivity contribution in [2.24, 2.45) is 5.92 Å². The van der Waals surface area contributed by atoms with E-state index < -0.39 is 28.3 Å². The van der Waals surface area contributed by atoms with E-state index in [-0.39, 0.29) is 28.7 Å². The summed E-state index contributed by atoms with van der Waals surface area (Å²) in [6.07, 6.45) is 5.71. The first-order valence-corrected chi connectivity index (χ1v) is 14.7. The summed E-state index contributed by atoms with van der Waals surface area (Å²) < 4.78 is 0. The lowest BCUT2D eigenvalue weighted by Gasteiger charge is -2.37. The van der Waals surface area contributed by atoms with Crippen LogP contribution in [0.2, 0.25) is 0 Å². The molecule has 1 saturated heterocycles. The van der Waals surface area contributed by atoms with Crippen molar-refractivity contribution in [1.29, 1.82) is 0 Å². The number of ketones is 2. The Kier molecular flexibility index (Phi) is 6.50. The molecular weight excluding hydrogens is 554 g/mol. The van der Waals surface area contributed by atoms with E-state index in [0.29, 0.717) is 16.8 Å². The number of nitrogens with zero attached hydrogens (tertiary/aromatic N) is 2. The number of hydrogen-bond donors (Lipinski definition) is 1. The molecule has 1 fully saturated rings. The third-order valence-corrected chi connectivity index (χ3v) is 9.23. The van der Waals surface area contributed by atoms with Gasteiger partial charge in [-0.3, -0.25) is 24.5 Å². The molecule has 7 rings (SSSR count). The molecule has 3 aliphatic rings. The molecular formula is C36H29N3O5. The molecule has 218 valence electrons. The highest BCUT2D eigenvalue weighted by Gasteiger charge is 2.70. The van der Waals surface area contributed by atoms with Crippen LogP contribution in [0.3, 0.4) is 0 Å². The third kappa shape index (κ3) is 3.94. The Morgan fingerprint density at radius 2 is 1.55 bits per heavy atom. The lowest BCUT2D eigenvalue weighted by atomic mass is 9.64. The van der Waals surface area contributed by atoms with Crippen molar-refractivity contribution < 1.29 is 19.3 Å². The summed E-state index contributed by atoms with van der Waals surface area (Å²) in [5.41, 5.74) is 3.08. The van der Waals surface area contributed by atoms with Crippen molar-refractivity contribution in [3.05, 3.63) is 141 Å². The van der Waals surface area contributed by atoms with Crippen LogP contribution in [0.15, 0.2) is 103 Å². The van der Waals surface area contributed by atoms with Crippen LogP contribution in [-0.4, -0.2) is 34.5 Å². The molecule has 3 heterocycles. The number of non-ortho nitro benzene ring substituents is 1. The molecule has 0 radical (unpaired) electrons. The van der Waals surface area contributed by atoms with E-state index in [0.717, 1.165) is 29.7 Å². The molecule has 1 N–H and O–H groups in total. The van der Waals surface area contributed by atoms with Crippen LogP contribution in [0.5, 0.6) is 0 Å². The molecule has 1 spiro atoms. The smallest absolute Gasteiger partial charge is 0.269 e. The second-order valence-electron chi connectivity index (χ2n) is 11.5. The van der Waals surface area contributed by atoms with Gasteiger partial charge < -0.3 is 10.2 Å². The average Bonchev–Trinajstić information content (AvgIpc) is 3.53. The normalized spacial score (nSPS) is 22.7. The van der Waals surface area contributed by atoms with Crippen molar-refractivity contribution in [2.45, 2.75) is 37.3 Å². The first-order chi connectivity index (χ1) is 21.4. The highest BCUT2D eigenvalue weighted by molar-refractivity contribution is 6.18. The van der Waals surface area contributed by atoms with E-state index in [2.05, 4.69) is 12.2 Å². The average molecular weight is 584 g/mol. The van der Waals surface area contributed by atoms with Crippen LogP contribution in [0.1, 0.15) is 50.8 Å². The number of anilines is 2. The standard InChI is InChI=1S/C36H29N3O5/c1-2-7-22-12-14-24(15-13-22)33(40)31-32(34(41)25-16-19-26(20-17-25)39(43)44)38-29-11-6-3-8-23(29)18-21-30(38)36(31)27-9-4-5-10-28(27)37-35(36)42/h3-6,8-21,30-32H,2,7H2,1H3,(H,37,42)/t30-,31-,32+,36-/m0/s1. The number of fused-ring (bicyclic) bond motifs is 6. The fourth-order valence-corrected chi connectivity index (χ4v) is 7.34. The summed E-state index contributed by atoms with van der Waals surface area (Å²) in [7, 11) is 0. The van der Waals surface area contributed by atoms with E-state index >= 15 is 0 Å². The summed E-state index contributed by atoms with van der Waals surface area (Å²) in [6, 6.07) is 26.1. The largest absolute Gasteiger partial charge is 0.352 e. The summed E-state index contributed by atoms with van der Waals surface area (Å²) in [4.78, 5) is 56.8. The first kappa shape index (κ1) is 27.5. The zero-order chi connectivity index (χ0) is 30.6. The van der Waals surface area contributed by atoms with Crippen LogP contribution in [0.25, 0.3) is 6.08 Å². The Morgan fingerprint density at radius 3 is 2.27 bits per heavy atom. The molecule has 1 amide bonds. The number of carbonyl (C=O) groups excluding carboxylic acids is 3. The van der Waals surface area contributed by atoms with Crippen LogP contribution in [0.4, 0.5) is 17.1 Å². The molecule has 4 aromatic carbocycles. The third-order valence-electron chi connectivity index (χ3n) is 9.23. The summed E-state index contributed by atoms with van der Waals surface area (Å²) in [5, 5.41) is 14.4. The van der Waals surface area contributed by atoms with E-state index in [9.17, 15) is 24.5 Å². The van der Waals surface area contributed by atoms with E-state index in [1.165, 1.54) is 24.3 Å². The lowest BCUT2D eigenvalue weighted by Crippen LogP contribution is -2.51. The summed E-state index contributed by atoms with van der Waals surface area (Å²) in [6.45, 7) is 2.09. The van der Waals surface area contributed by atoms with Gasteiger partial charge in [-0.15, -0.1) is 0 Å². The molecule has 8 nitrogen and oxygen atoms in total. The highest BCUT2D eigenvalue weighted by atomic mass is 16.6. The maximum absolute atomic E-state index is 14.9. The predicted molar refractivity (Wildman–Crippen MR) is 168 cm³/mol. The molecule has 4 atom stereocenters. The minimum Gasteiger partial charge on any atom is -0.352 e. The number of aryl methyl sites for hydroxylation is 1. The van der Waals surface area contributed by atoms with Gasteiger partial charge in [-0.05, 0) is 47.4 Å². The minimum atomic E-state index is -1.42. The van der Waals surface area contributed by atoms with Gasteiger partial charge in [0.15, 0.2) is 11.6 Å². The monoisotopic (exact) mass is 583 g/mol. The lowest BCUT2D eigenvalue weighted by molar-refractivity contribution is -0.384. The minimum absolute atomic E-state index is 0.141. The number of nitrogens with one attached hydrogen (secondary N) is 1. The van der Waals surface area contributed by atoms with Crippen molar-refractivity contribution in [3.63, 3.8) is 0 Å². The molecule has 44 heavy (non-hydrogen) atoms. The Bertz CT molecular complexity index is 1860. The number of hydrogen-bond acceptors (Lipinski definition) is 6. The topological polar surface area (TPSA) is 110 Å². The number of carbonyl (C=O) groups is 3. The zero-order valence-electron chi connectivity index (χ0n) is 24.0. The number of Topliss-reactive ketones (excluding diaryl/α,β-unsaturated/α-hetero) is 2. The van der Waals surface area contributed by atoms with Gasteiger partial charge in [-0.2, -0.15) is 0 Å². The fourth-order valence-electron chi connectivity index (χ4n) is 7.34. The zero-order valence-corrected chi connectivity index (χ0v) is 24.0. The molecule has 4 aromatic rings. The van der Waals surface area contributed by atoms with Crippen LogP contribution in [-0.2, 0) is 16.6 Å². The molecule has 0 unspecified atom stereocenters. The summed E-state index contributed by atoms with van der Waals surface area (Å²) >= 11 is 0. The second kappa shape index (κ2) is 10.4. The van der Waals surface area contributed by atoms with Crippen LogP contribution in [0, 0.1) is 16.0 Å². The van der Waals surface area contributed by atoms with E-state index in [1.807, 2.05) is 77.7 Å². The second-order valence-corrected chi connectivity index (χ2v) is 11.5. The van der Waals surface area contributed by atoms with E-state index in [1.54, 1.807) is 12.1 Å². The number of nitro benzene ring substituents is 1. The number of rotatable bonds is 7. The SMILES string of the molecule is CCCc1ccc(C(=O)[C@@H]2[C@H](C(=O)c3ccc([N+](=O)[O-])cc3)N3c4ccccc4C=C[C@H]3[C@]23C(=O)Nc2ccccc23)cc1. The van der Waals surface area contributed by atoms with Crippen molar-refractivity contribution in [3.8, 4) is 0 Å². The molecule has 0 aromatic heterocycles. The van der Waals surface area contributed by atoms with Gasteiger partial charge >= 0.3 is 0 Å². The first-order valence-electron chi connectivity index (χ1n) is 14.7. The quantitative estimate of drug-likeness (QED) is 0.153. The van der Waals surface area contributed by atoms with Gasteiger partial charge in [0, 0.05) is 34.6 Å². The fraction of sp³-hybridized carbons (Fsp3) is 0.194. The number of amides is 1. The van der Waals surface area contributed by atoms with Crippen molar-refractivity contribution in [1.82, 2.24) is 0 Å². The highest BCUT2D eigenvalue weighted by Crippen LogP contribution is 2.58. The predicted octanol–water partition coefficient (Wildman–Crippen LogP) is 6.40.